The number of rotatable bonds is 11. The summed E-state index contributed by atoms with van der Waals surface area (Å²) < 4.78 is 11.7. The van der Waals surface area contributed by atoms with Crippen molar-refractivity contribution in [2.24, 2.45) is 11.7 Å². The number of aliphatic carboxylic acids is 1. The van der Waals surface area contributed by atoms with E-state index in [0.717, 1.165) is 35.4 Å². The Bertz CT molecular complexity index is 1230. The van der Waals surface area contributed by atoms with Crippen molar-refractivity contribution in [3.05, 3.63) is 77.1 Å². The number of carbonyl (C=O) groups excluding carboxylic acids is 1. The van der Waals surface area contributed by atoms with Crippen LogP contribution in [0, 0.1) is 12.8 Å². The molecule has 0 bridgehead atoms. The Morgan fingerprint density at radius 3 is 2.59 bits per heavy atom. The van der Waals surface area contributed by atoms with Gasteiger partial charge in [0.05, 0.1) is 12.3 Å². The number of nitrogens with two attached hydrogens (primary N) is 1. The molecule has 0 spiro atoms. The second-order valence-corrected chi connectivity index (χ2v) is 11.7. The van der Waals surface area contributed by atoms with Gasteiger partial charge in [0.25, 0.3) is 0 Å². The minimum Gasteiger partial charge on any atom is -0.493 e. The van der Waals surface area contributed by atoms with E-state index in [4.69, 9.17) is 14.9 Å². The summed E-state index contributed by atoms with van der Waals surface area (Å²) in [5, 5.41) is 9.67. The number of aromatic nitrogens is 1. The fourth-order valence-electron chi connectivity index (χ4n) is 4.08. The van der Waals surface area contributed by atoms with Crippen molar-refractivity contribution in [1.82, 2.24) is 9.88 Å². The average molecular weight is 566 g/mol. The number of carboxylic acids is 1. The van der Waals surface area contributed by atoms with E-state index in [-0.39, 0.29) is 24.4 Å². The van der Waals surface area contributed by atoms with Crippen LogP contribution in [-0.4, -0.2) is 45.1 Å². The number of carboxylic acid groups (broad SMARTS) is 1. The molecular formula is C33H47N3O5. The number of amides is 1. The lowest BCUT2D eigenvalue weighted by atomic mass is 9.93. The number of aryl methyl sites for hydroxylation is 1. The Hall–Kier alpha value is -3.65. The number of hydrogen-bond donors (Lipinski definition) is 2. The SMILES string of the molecule is C/C=C/C=C/C(=O)N1Cc2cc(OCCc3nc(/C=C/CCC(C)C)oc3C)ccc2C[C@H]1C(=O)O.CC(C)(C)N. The fourth-order valence-corrected chi connectivity index (χ4v) is 4.08. The molecule has 1 atom stereocenters. The summed E-state index contributed by atoms with van der Waals surface area (Å²) in [4.78, 5) is 30.4. The van der Waals surface area contributed by atoms with Gasteiger partial charge >= 0.3 is 5.97 Å². The fraction of sp³-hybridized carbons (Fsp3) is 0.485. The minimum absolute atomic E-state index is 0. The number of ether oxygens (including phenoxy) is 1. The molecule has 2 heterocycles. The van der Waals surface area contributed by atoms with Crippen molar-refractivity contribution in [1.29, 1.82) is 0 Å². The summed E-state index contributed by atoms with van der Waals surface area (Å²) in [5.74, 6) is 1.40. The van der Waals surface area contributed by atoms with Gasteiger partial charge in [0, 0.05) is 31.0 Å². The van der Waals surface area contributed by atoms with Gasteiger partial charge in [0.2, 0.25) is 11.8 Å². The van der Waals surface area contributed by atoms with Crippen molar-refractivity contribution < 1.29 is 23.8 Å². The Morgan fingerprint density at radius 1 is 1.24 bits per heavy atom. The normalized spacial score (nSPS) is 15.4. The third kappa shape index (κ3) is 12.2. The second-order valence-electron chi connectivity index (χ2n) is 11.7. The molecule has 0 saturated heterocycles. The Kier molecular flexibility index (Phi) is 13.1. The molecule has 8 heteroatoms. The van der Waals surface area contributed by atoms with Crippen molar-refractivity contribution in [3.63, 3.8) is 0 Å². The van der Waals surface area contributed by atoms with Gasteiger partial charge in [0.1, 0.15) is 17.6 Å². The summed E-state index contributed by atoms with van der Waals surface area (Å²) in [6.45, 7) is 14.7. The van der Waals surface area contributed by atoms with Crippen LogP contribution in [0.5, 0.6) is 5.75 Å². The first-order valence-electron chi connectivity index (χ1n) is 14.3. The van der Waals surface area contributed by atoms with E-state index < -0.39 is 12.0 Å². The maximum atomic E-state index is 12.6. The van der Waals surface area contributed by atoms with Gasteiger partial charge in [-0.1, -0.05) is 44.2 Å². The first-order chi connectivity index (χ1) is 19.3. The monoisotopic (exact) mass is 565 g/mol. The molecule has 0 unspecified atom stereocenters. The molecule has 0 radical (unpaired) electrons. The van der Waals surface area contributed by atoms with Gasteiger partial charge in [-0.25, -0.2) is 9.78 Å². The van der Waals surface area contributed by atoms with Crippen molar-refractivity contribution >= 4 is 18.0 Å². The second kappa shape index (κ2) is 16.0. The van der Waals surface area contributed by atoms with E-state index in [0.29, 0.717) is 30.6 Å². The van der Waals surface area contributed by atoms with E-state index in [1.54, 1.807) is 18.2 Å². The number of carbonyl (C=O) groups is 2. The van der Waals surface area contributed by atoms with Crippen LogP contribution in [0.2, 0.25) is 0 Å². The highest BCUT2D eigenvalue weighted by Crippen LogP contribution is 2.28. The molecule has 8 nitrogen and oxygen atoms in total. The van der Waals surface area contributed by atoms with Crippen LogP contribution in [0.15, 0.2) is 53.0 Å². The summed E-state index contributed by atoms with van der Waals surface area (Å²) in [6, 6.07) is 4.73. The average Bonchev–Trinajstić information content (AvgIpc) is 3.23. The van der Waals surface area contributed by atoms with E-state index >= 15 is 0 Å². The lowest BCUT2D eigenvalue weighted by Gasteiger charge is -2.34. The highest BCUT2D eigenvalue weighted by atomic mass is 16.5. The van der Waals surface area contributed by atoms with Crippen LogP contribution in [-0.2, 0) is 29.0 Å². The summed E-state index contributed by atoms with van der Waals surface area (Å²) >= 11 is 0. The molecule has 3 N–H and O–H groups in total. The van der Waals surface area contributed by atoms with Gasteiger partial charge < -0.3 is 24.9 Å². The van der Waals surface area contributed by atoms with Crippen LogP contribution in [0.25, 0.3) is 6.08 Å². The standard InChI is InChI=1S/C29H36N2O5.C4H11N/c1-5-6-7-12-28(32)31-19-23-17-24(14-13-22(23)18-26(31)29(33)34)35-16-15-25-21(4)36-27(30-25)11-9-8-10-20(2)3;1-4(2,3)5/h5-7,9,11-14,17,20,26H,8,10,15-16,18-19H2,1-4H3,(H,33,34);5H2,1-3H3/b6-5+,11-9+,12-7+;/t26-;/m0./s1. The molecule has 3 rings (SSSR count). The van der Waals surface area contributed by atoms with Crippen LogP contribution < -0.4 is 10.5 Å². The van der Waals surface area contributed by atoms with Gasteiger partial charge in [-0.05, 0) is 82.7 Å². The smallest absolute Gasteiger partial charge is 0.326 e. The van der Waals surface area contributed by atoms with Crippen molar-refractivity contribution in [2.45, 2.75) is 92.3 Å². The quantitative estimate of drug-likeness (QED) is 0.243. The number of oxazole rings is 1. The summed E-state index contributed by atoms with van der Waals surface area (Å²) in [6.07, 6.45) is 13.6. The van der Waals surface area contributed by atoms with Gasteiger partial charge in [-0.2, -0.15) is 0 Å². The molecular weight excluding hydrogens is 518 g/mol. The molecule has 1 aliphatic heterocycles. The number of hydrogen-bond acceptors (Lipinski definition) is 6. The van der Waals surface area contributed by atoms with Crippen molar-refractivity contribution in [2.75, 3.05) is 6.61 Å². The van der Waals surface area contributed by atoms with Gasteiger partial charge in [0.15, 0.2) is 0 Å². The first-order valence-corrected chi connectivity index (χ1v) is 14.3. The van der Waals surface area contributed by atoms with Crippen LogP contribution >= 0.6 is 0 Å². The maximum absolute atomic E-state index is 12.6. The molecule has 224 valence electrons. The number of fused-ring (bicyclic) bond motifs is 1. The maximum Gasteiger partial charge on any atom is 0.326 e. The summed E-state index contributed by atoms with van der Waals surface area (Å²) in [5.41, 5.74) is 8.03. The van der Waals surface area contributed by atoms with Gasteiger partial charge in [-0.15, -0.1) is 0 Å². The molecule has 1 amide bonds. The van der Waals surface area contributed by atoms with Crippen LogP contribution in [0.1, 0.15) is 82.9 Å². The summed E-state index contributed by atoms with van der Waals surface area (Å²) in [7, 11) is 0. The topological polar surface area (TPSA) is 119 Å². The minimum atomic E-state index is -1.01. The third-order valence-corrected chi connectivity index (χ3v) is 6.11. The van der Waals surface area contributed by atoms with E-state index in [2.05, 4.69) is 24.9 Å². The molecule has 0 fully saturated rings. The molecule has 1 aromatic carbocycles. The van der Waals surface area contributed by atoms with E-state index in [9.17, 15) is 14.7 Å². The number of allylic oxidation sites excluding steroid dienone is 4. The third-order valence-electron chi connectivity index (χ3n) is 6.11. The van der Waals surface area contributed by atoms with E-state index in [1.165, 1.54) is 11.0 Å². The first kappa shape index (κ1) is 33.6. The van der Waals surface area contributed by atoms with Crippen LogP contribution in [0.4, 0.5) is 0 Å². The zero-order valence-electron chi connectivity index (χ0n) is 25.6. The Balaban J connectivity index is 0.00000108. The Morgan fingerprint density at radius 2 is 1.95 bits per heavy atom. The number of benzene rings is 1. The zero-order valence-corrected chi connectivity index (χ0v) is 25.6. The molecule has 0 saturated carbocycles. The molecule has 1 aliphatic rings. The highest BCUT2D eigenvalue weighted by molar-refractivity contribution is 5.92. The van der Waals surface area contributed by atoms with Crippen molar-refractivity contribution in [3.8, 4) is 5.75 Å². The van der Waals surface area contributed by atoms with Gasteiger partial charge in [-0.3, -0.25) is 4.79 Å². The lowest BCUT2D eigenvalue weighted by Crippen LogP contribution is -2.48. The largest absolute Gasteiger partial charge is 0.493 e. The predicted octanol–water partition coefficient (Wildman–Crippen LogP) is 6.27. The lowest BCUT2D eigenvalue weighted by molar-refractivity contribution is -0.149. The molecule has 2 aromatic rings. The highest BCUT2D eigenvalue weighted by Gasteiger charge is 2.33. The van der Waals surface area contributed by atoms with Crippen LogP contribution in [0.3, 0.4) is 0 Å². The van der Waals surface area contributed by atoms with E-state index in [1.807, 2.05) is 58.9 Å². The molecule has 0 aliphatic carbocycles. The molecule has 41 heavy (non-hydrogen) atoms. The Labute approximate surface area is 245 Å². The number of nitrogens with zero attached hydrogens (tertiary/aromatic N) is 2. The predicted molar refractivity (Wildman–Crippen MR) is 164 cm³/mol. The zero-order chi connectivity index (χ0) is 30.6. The molecule has 1 aromatic heterocycles.